The lowest BCUT2D eigenvalue weighted by molar-refractivity contribution is -0.112. The lowest BCUT2D eigenvalue weighted by Crippen LogP contribution is -2.32. The van der Waals surface area contributed by atoms with Crippen LogP contribution in [0.3, 0.4) is 0 Å². The standard InChI is InChI=1S/C19H19N3O4S/c1-14-18(19(23)20-16-9-6-10-17(11-16)26-2)13-22(27(24,25)21-14)12-15-7-4-3-5-8-15/h3-11,13H,12H2,1-2H3,(H,20,23). The Hall–Kier alpha value is -3.13. The number of hydrogen-bond donors (Lipinski definition) is 1. The van der Waals surface area contributed by atoms with Gasteiger partial charge in [-0.15, -0.1) is 4.40 Å². The van der Waals surface area contributed by atoms with E-state index in [4.69, 9.17) is 4.74 Å². The molecule has 1 aliphatic heterocycles. The second-order valence-corrected chi connectivity index (χ2v) is 7.46. The molecule has 0 aliphatic carbocycles. The zero-order valence-electron chi connectivity index (χ0n) is 14.9. The van der Waals surface area contributed by atoms with Crippen LogP contribution in [0.15, 0.2) is 70.8 Å². The summed E-state index contributed by atoms with van der Waals surface area (Å²) >= 11 is 0. The van der Waals surface area contributed by atoms with Crippen LogP contribution >= 0.6 is 0 Å². The van der Waals surface area contributed by atoms with E-state index < -0.39 is 16.1 Å². The molecule has 1 N–H and O–H groups in total. The fraction of sp³-hybridized carbons (Fsp3) is 0.158. The van der Waals surface area contributed by atoms with Crippen LogP contribution in [-0.2, 0) is 21.5 Å². The van der Waals surface area contributed by atoms with Crippen LogP contribution in [-0.4, -0.2) is 31.5 Å². The van der Waals surface area contributed by atoms with Crippen LogP contribution in [0.5, 0.6) is 5.75 Å². The van der Waals surface area contributed by atoms with Gasteiger partial charge >= 0.3 is 10.2 Å². The summed E-state index contributed by atoms with van der Waals surface area (Å²) in [6.07, 6.45) is 1.32. The Bertz CT molecular complexity index is 1010. The molecule has 3 rings (SSSR count). The average molecular weight is 385 g/mol. The van der Waals surface area contributed by atoms with E-state index in [-0.39, 0.29) is 17.8 Å². The molecule has 8 heteroatoms. The van der Waals surface area contributed by atoms with E-state index in [0.29, 0.717) is 11.4 Å². The number of amides is 1. The first-order valence-electron chi connectivity index (χ1n) is 8.19. The van der Waals surface area contributed by atoms with E-state index in [1.54, 1.807) is 24.3 Å². The first-order valence-corrected chi connectivity index (χ1v) is 9.58. The summed E-state index contributed by atoms with van der Waals surface area (Å²) in [4.78, 5) is 12.7. The molecule has 1 amide bonds. The summed E-state index contributed by atoms with van der Waals surface area (Å²) in [5.74, 6) is 0.154. The number of rotatable bonds is 5. The summed E-state index contributed by atoms with van der Waals surface area (Å²) in [5.41, 5.74) is 1.65. The highest BCUT2D eigenvalue weighted by Crippen LogP contribution is 2.22. The molecular weight excluding hydrogens is 366 g/mol. The maximum atomic E-state index is 12.7. The van der Waals surface area contributed by atoms with Crippen LogP contribution < -0.4 is 10.1 Å². The topological polar surface area (TPSA) is 88.1 Å². The van der Waals surface area contributed by atoms with Gasteiger partial charge in [-0.05, 0) is 24.6 Å². The van der Waals surface area contributed by atoms with Gasteiger partial charge < -0.3 is 10.1 Å². The van der Waals surface area contributed by atoms with Crippen molar-refractivity contribution in [1.82, 2.24) is 4.31 Å². The molecule has 0 aromatic heterocycles. The number of nitrogens with one attached hydrogen (secondary N) is 1. The molecule has 2 aromatic carbocycles. The van der Waals surface area contributed by atoms with Crippen LogP contribution in [0.2, 0.25) is 0 Å². The number of benzene rings is 2. The van der Waals surface area contributed by atoms with Gasteiger partial charge in [0.15, 0.2) is 0 Å². The van der Waals surface area contributed by atoms with E-state index in [9.17, 15) is 13.2 Å². The second-order valence-electron chi connectivity index (χ2n) is 5.91. The lowest BCUT2D eigenvalue weighted by atomic mass is 10.1. The quantitative estimate of drug-likeness (QED) is 0.857. The van der Waals surface area contributed by atoms with Gasteiger partial charge in [0.1, 0.15) is 5.75 Å². The van der Waals surface area contributed by atoms with Crippen molar-refractivity contribution < 1.29 is 17.9 Å². The monoisotopic (exact) mass is 385 g/mol. The van der Waals surface area contributed by atoms with Crippen LogP contribution in [0.25, 0.3) is 0 Å². The third-order valence-electron chi connectivity index (χ3n) is 3.96. The number of anilines is 1. The van der Waals surface area contributed by atoms with E-state index >= 15 is 0 Å². The van der Waals surface area contributed by atoms with Gasteiger partial charge in [-0.25, -0.2) is 0 Å². The minimum atomic E-state index is -3.88. The molecule has 0 bridgehead atoms. The van der Waals surface area contributed by atoms with Gasteiger partial charge in [-0.3, -0.25) is 9.10 Å². The van der Waals surface area contributed by atoms with E-state index in [1.165, 1.54) is 20.2 Å². The van der Waals surface area contributed by atoms with Gasteiger partial charge in [0.25, 0.3) is 5.91 Å². The van der Waals surface area contributed by atoms with Gasteiger partial charge in [0, 0.05) is 18.0 Å². The SMILES string of the molecule is COc1cccc(NC(=O)C2=CN(Cc3ccccc3)S(=O)(=O)N=C2C)c1. The first kappa shape index (κ1) is 18.7. The van der Waals surface area contributed by atoms with Crippen LogP contribution in [0.4, 0.5) is 5.69 Å². The molecule has 0 radical (unpaired) electrons. The zero-order valence-corrected chi connectivity index (χ0v) is 15.7. The fourth-order valence-corrected chi connectivity index (χ4v) is 3.69. The normalized spacial score (nSPS) is 15.6. The predicted octanol–water partition coefficient (Wildman–Crippen LogP) is 2.74. The average Bonchev–Trinajstić information content (AvgIpc) is 2.64. The highest BCUT2D eigenvalue weighted by atomic mass is 32.2. The summed E-state index contributed by atoms with van der Waals surface area (Å²) < 4.78 is 34.6. The molecule has 0 unspecified atom stereocenters. The smallest absolute Gasteiger partial charge is 0.344 e. The zero-order chi connectivity index (χ0) is 19.4. The minimum Gasteiger partial charge on any atom is -0.497 e. The summed E-state index contributed by atoms with van der Waals surface area (Å²) in [6.45, 7) is 1.59. The Morgan fingerprint density at radius 1 is 1.15 bits per heavy atom. The number of methoxy groups -OCH3 is 1. The molecule has 0 atom stereocenters. The van der Waals surface area contributed by atoms with E-state index in [1.807, 2.05) is 30.3 Å². The third kappa shape index (κ3) is 4.35. The molecule has 1 aliphatic rings. The number of carbonyl (C=O) groups excluding carboxylic acids is 1. The lowest BCUT2D eigenvalue weighted by Gasteiger charge is -2.23. The summed E-state index contributed by atoms with van der Waals surface area (Å²) in [5, 5.41) is 2.74. The molecule has 0 fully saturated rings. The summed E-state index contributed by atoms with van der Waals surface area (Å²) in [6, 6.07) is 16.0. The van der Waals surface area contributed by atoms with E-state index in [2.05, 4.69) is 9.71 Å². The van der Waals surface area contributed by atoms with Crippen molar-refractivity contribution in [2.24, 2.45) is 4.40 Å². The highest BCUT2D eigenvalue weighted by molar-refractivity contribution is 7.88. The molecule has 140 valence electrons. The van der Waals surface area contributed by atoms with Crippen LogP contribution in [0.1, 0.15) is 12.5 Å². The van der Waals surface area contributed by atoms with Gasteiger partial charge in [-0.2, -0.15) is 8.42 Å². The van der Waals surface area contributed by atoms with Crippen molar-refractivity contribution in [2.75, 3.05) is 12.4 Å². The number of carbonyl (C=O) groups is 1. The van der Waals surface area contributed by atoms with Crippen molar-refractivity contribution in [3.8, 4) is 5.75 Å². The Morgan fingerprint density at radius 2 is 1.89 bits per heavy atom. The van der Waals surface area contributed by atoms with Crippen LogP contribution in [0, 0.1) is 0 Å². The molecular formula is C19H19N3O4S. The van der Waals surface area contributed by atoms with Crippen molar-refractivity contribution in [3.63, 3.8) is 0 Å². The Labute approximate surface area is 158 Å². The Kier molecular flexibility index (Phi) is 5.27. The molecule has 27 heavy (non-hydrogen) atoms. The number of hydrogen-bond acceptors (Lipinski definition) is 4. The minimum absolute atomic E-state index is 0.0931. The molecule has 0 saturated heterocycles. The van der Waals surface area contributed by atoms with Gasteiger partial charge in [-0.1, -0.05) is 36.4 Å². The third-order valence-corrected chi connectivity index (χ3v) is 5.30. The van der Waals surface area contributed by atoms with Crippen molar-refractivity contribution in [3.05, 3.63) is 71.9 Å². The Morgan fingerprint density at radius 3 is 2.59 bits per heavy atom. The highest BCUT2D eigenvalue weighted by Gasteiger charge is 2.28. The first-order chi connectivity index (χ1) is 12.9. The maximum Gasteiger partial charge on any atom is 0.344 e. The summed E-state index contributed by atoms with van der Waals surface area (Å²) in [7, 11) is -2.34. The van der Waals surface area contributed by atoms with Crippen molar-refractivity contribution in [1.29, 1.82) is 0 Å². The number of ether oxygens (including phenoxy) is 1. The van der Waals surface area contributed by atoms with E-state index in [0.717, 1.165) is 9.87 Å². The van der Waals surface area contributed by atoms with Crippen molar-refractivity contribution >= 4 is 27.5 Å². The predicted molar refractivity (Wildman–Crippen MR) is 104 cm³/mol. The molecule has 2 aromatic rings. The maximum absolute atomic E-state index is 12.7. The Balaban J connectivity index is 1.86. The number of nitrogens with zero attached hydrogens (tertiary/aromatic N) is 2. The largest absolute Gasteiger partial charge is 0.497 e. The van der Waals surface area contributed by atoms with Gasteiger partial charge in [0.05, 0.1) is 24.9 Å². The van der Waals surface area contributed by atoms with Crippen molar-refractivity contribution in [2.45, 2.75) is 13.5 Å². The molecule has 1 heterocycles. The van der Waals surface area contributed by atoms with Gasteiger partial charge in [0.2, 0.25) is 0 Å². The molecule has 0 saturated carbocycles. The molecule has 7 nitrogen and oxygen atoms in total. The fourth-order valence-electron chi connectivity index (χ4n) is 2.59. The molecule has 0 spiro atoms. The second kappa shape index (κ2) is 7.63.